The summed E-state index contributed by atoms with van der Waals surface area (Å²) in [5.41, 5.74) is 0.575. The molecule has 5 nitrogen and oxygen atoms in total. The van der Waals surface area contributed by atoms with E-state index >= 15 is 0 Å². The van der Waals surface area contributed by atoms with Gasteiger partial charge in [0.05, 0.1) is 5.92 Å². The van der Waals surface area contributed by atoms with E-state index in [-0.39, 0.29) is 17.6 Å². The Bertz CT molecular complexity index is 626. The van der Waals surface area contributed by atoms with Gasteiger partial charge in [-0.2, -0.15) is 0 Å². The Hall–Kier alpha value is -1.88. The lowest BCUT2D eigenvalue weighted by molar-refractivity contribution is -0.177. The summed E-state index contributed by atoms with van der Waals surface area (Å²) in [5, 5.41) is 0. The summed E-state index contributed by atoms with van der Waals surface area (Å²) in [5.74, 6) is -1.22. The molecule has 1 aromatic rings. The van der Waals surface area contributed by atoms with E-state index < -0.39 is 18.0 Å². The molecular weight excluding hydrogens is 330 g/mol. The molecule has 2 rings (SSSR count). The largest absolute Gasteiger partial charge is 0.459 e. The molecule has 5 heteroatoms. The maximum atomic E-state index is 12.9. The van der Waals surface area contributed by atoms with Crippen molar-refractivity contribution in [3.8, 4) is 0 Å². The number of hydrogen-bond donors (Lipinski definition) is 0. The van der Waals surface area contributed by atoms with Crippen LogP contribution in [0.25, 0.3) is 0 Å². The molecule has 0 bridgehead atoms. The highest BCUT2D eigenvalue weighted by Gasteiger charge is 2.39. The number of carbonyl (C=O) groups is 2. The number of likely N-dealkylation sites (tertiary alicyclic amines) is 1. The third-order valence-electron chi connectivity index (χ3n) is 5.25. The lowest BCUT2D eigenvalue weighted by Crippen LogP contribution is -2.54. The molecule has 0 aliphatic carbocycles. The summed E-state index contributed by atoms with van der Waals surface area (Å²) in [6.07, 6.45) is 0.307. The Morgan fingerprint density at radius 2 is 1.77 bits per heavy atom. The van der Waals surface area contributed by atoms with Crippen molar-refractivity contribution >= 4 is 11.9 Å². The number of piperidine rings is 1. The van der Waals surface area contributed by atoms with Crippen LogP contribution in [-0.4, -0.2) is 41.6 Å². The second kappa shape index (κ2) is 8.21. The molecule has 0 N–H and O–H groups in total. The quantitative estimate of drug-likeness (QED) is 0.748. The van der Waals surface area contributed by atoms with E-state index in [0.29, 0.717) is 11.6 Å². The van der Waals surface area contributed by atoms with E-state index in [1.165, 1.54) is 0 Å². The molecule has 0 amide bonds. The van der Waals surface area contributed by atoms with E-state index in [1.54, 1.807) is 26.0 Å². The number of carbonyl (C=O) groups excluding carboxylic acids is 2. The predicted octanol–water partition coefficient (Wildman–Crippen LogP) is 3.73. The Morgan fingerprint density at radius 3 is 2.31 bits per heavy atom. The van der Waals surface area contributed by atoms with Crippen LogP contribution < -0.4 is 0 Å². The molecule has 1 saturated heterocycles. The minimum atomic E-state index is -1.02. The Balaban J connectivity index is 2.15. The maximum Gasteiger partial charge on any atom is 0.352 e. The van der Waals surface area contributed by atoms with Crippen molar-refractivity contribution in [2.45, 2.75) is 71.2 Å². The van der Waals surface area contributed by atoms with Gasteiger partial charge in [0.1, 0.15) is 6.10 Å². The van der Waals surface area contributed by atoms with E-state index in [4.69, 9.17) is 9.47 Å². The Morgan fingerprint density at radius 1 is 1.15 bits per heavy atom. The van der Waals surface area contributed by atoms with Gasteiger partial charge in [-0.05, 0) is 34.2 Å². The standard InChI is InChI=1S/C21H31NO4/c1-14(2)19(23)26-18(16-10-8-7-9-11-16)20(24)25-17-12-15(3)22(6)21(4,5)13-17/h7-11,14-15,17-18H,12-13H2,1-6H3. The molecule has 144 valence electrons. The zero-order valence-electron chi connectivity index (χ0n) is 16.7. The van der Waals surface area contributed by atoms with Gasteiger partial charge in [-0.1, -0.05) is 44.2 Å². The molecular formula is C21H31NO4. The molecule has 3 atom stereocenters. The van der Waals surface area contributed by atoms with Crippen LogP contribution in [0.4, 0.5) is 0 Å². The summed E-state index contributed by atoms with van der Waals surface area (Å²) in [4.78, 5) is 27.3. The maximum absolute atomic E-state index is 12.9. The van der Waals surface area contributed by atoms with Gasteiger partial charge in [-0.15, -0.1) is 0 Å². The highest BCUT2D eigenvalue weighted by molar-refractivity contribution is 5.81. The predicted molar refractivity (Wildman–Crippen MR) is 101 cm³/mol. The highest BCUT2D eigenvalue weighted by atomic mass is 16.6. The molecule has 3 unspecified atom stereocenters. The normalized spacial score (nSPS) is 24.1. The number of esters is 2. The molecule has 1 heterocycles. The summed E-state index contributed by atoms with van der Waals surface area (Å²) in [7, 11) is 2.10. The van der Waals surface area contributed by atoms with Crippen LogP contribution in [0.1, 0.15) is 59.1 Å². The summed E-state index contributed by atoms with van der Waals surface area (Å²) < 4.78 is 11.3. The topological polar surface area (TPSA) is 55.8 Å². The van der Waals surface area contributed by atoms with Crippen molar-refractivity contribution in [1.29, 1.82) is 0 Å². The van der Waals surface area contributed by atoms with Crippen molar-refractivity contribution < 1.29 is 19.1 Å². The minimum absolute atomic E-state index is 0.0561. The molecule has 1 aromatic carbocycles. The van der Waals surface area contributed by atoms with Gasteiger partial charge in [0.25, 0.3) is 0 Å². The third kappa shape index (κ3) is 4.85. The summed E-state index contributed by atoms with van der Waals surface area (Å²) in [6.45, 7) is 9.93. The lowest BCUT2D eigenvalue weighted by atomic mass is 9.85. The fourth-order valence-corrected chi connectivity index (χ4v) is 3.37. The molecule has 0 aromatic heterocycles. The number of hydrogen-bond acceptors (Lipinski definition) is 5. The number of nitrogens with zero attached hydrogens (tertiary/aromatic N) is 1. The molecule has 26 heavy (non-hydrogen) atoms. The zero-order valence-corrected chi connectivity index (χ0v) is 16.7. The van der Waals surface area contributed by atoms with Crippen LogP contribution in [0, 0.1) is 5.92 Å². The van der Waals surface area contributed by atoms with Crippen LogP contribution in [0.5, 0.6) is 0 Å². The highest BCUT2D eigenvalue weighted by Crippen LogP contribution is 2.33. The van der Waals surface area contributed by atoms with Gasteiger partial charge in [0.15, 0.2) is 0 Å². The van der Waals surface area contributed by atoms with Crippen molar-refractivity contribution in [2.75, 3.05) is 7.05 Å². The number of benzene rings is 1. The molecule has 1 aliphatic heterocycles. The van der Waals surface area contributed by atoms with Gasteiger partial charge in [-0.25, -0.2) is 4.79 Å². The molecule has 0 saturated carbocycles. The van der Waals surface area contributed by atoms with E-state index in [2.05, 4.69) is 32.7 Å². The first-order valence-electron chi connectivity index (χ1n) is 9.30. The van der Waals surface area contributed by atoms with Crippen LogP contribution in [0.3, 0.4) is 0 Å². The van der Waals surface area contributed by atoms with Crippen molar-refractivity contribution in [1.82, 2.24) is 4.90 Å². The van der Waals surface area contributed by atoms with Gasteiger partial charge in [0, 0.05) is 23.6 Å². The second-order valence-corrected chi connectivity index (χ2v) is 8.15. The average molecular weight is 361 g/mol. The first kappa shape index (κ1) is 20.4. The summed E-state index contributed by atoms with van der Waals surface area (Å²) in [6, 6.07) is 9.36. The van der Waals surface area contributed by atoms with Gasteiger partial charge < -0.3 is 9.47 Å². The van der Waals surface area contributed by atoms with Gasteiger partial charge in [0.2, 0.25) is 6.10 Å². The Labute approximate surface area is 156 Å². The smallest absolute Gasteiger partial charge is 0.352 e. The van der Waals surface area contributed by atoms with E-state index in [0.717, 1.165) is 12.8 Å². The third-order valence-corrected chi connectivity index (χ3v) is 5.25. The number of rotatable bonds is 5. The van der Waals surface area contributed by atoms with Crippen molar-refractivity contribution in [3.63, 3.8) is 0 Å². The van der Waals surface area contributed by atoms with Crippen molar-refractivity contribution in [2.24, 2.45) is 5.92 Å². The monoisotopic (exact) mass is 361 g/mol. The minimum Gasteiger partial charge on any atom is -0.459 e. The Kier molecular flexibility index (Phi) is 6.45. The van der Waals surface area contributed by atoms with Crippen LogP contribution in [0.15, 0.2) is 30.3 Å². The van der Waals surface area contributed by atoms with Crippen LogP contribution in [0.2, 0.25) is 0 Å². The molecule has 1 aliphatic rings. The zero-order chi connectivity index (χ0) is 19.5. The van der Waals surface area contributed by atoms with Gasteiger partial charge in [-0.3, -0.25) is 9.69 Å². The lowest BCUT2D eigenvalue weighted by Gasteiger charge is -2.47. The summed E-state index contributed by atoms with van der Waals surface area (Å²) >= 11 is 0. The van der Waals surface area contributed by atoms with E-state index in [9.17, 15) is 9.59 Å². The second-order valence-electron chi connectivity index (χ2n) is 8.15. The van der Waals surface area contributed by atoms with Gasteiger partial charge >= 0.3 is 11.9 Å². The van der Waals surface area contributed by atoms with E-state index in [1.807, 2.05) is 18.2 Å². The van der Waals surface area contributed by atoms with Crippen LogP contribution in [-0.2, 0) is 19.1 Å². The van der Waals surface area contributed by atoms with Crippen LogP contribution >= 0.6 is 0 Å². The first-order valence-corrected chi connectivity index (χ1v) is 9.30. The molecule has 0 radical (unpaired) electrons. The molecule has 0 spiro atoms. The molecule has 1 fully saturated rings. The first-order chi connectivity index (χ1) is 12.1. The van der Waals surface area contributed by atoms with Crippen molar-refractivity contribution in [3.05, 3.63) is 35.9 Å². The fourth-order valence-electron chi connectivity index (χ4n) is 3.37. The number of ether oxygens (including phenoxy) is 2. The SMILES string of the molecule is CC(C)C(=O)OC(C(=O)OC1CC(C)N(C)C(C)(C)C1)c1ccccc1. The average Bonchev–Trinajstić information content (AvgIpc) is 2.57. The fraction of sp³-hybridized carbons (Fsp3) is 0.619.